The van der Waals surface area contributed by atoms with E-state index in [4.69, 9.17) is 5.11 Å². The highest BCUT2D eigenvalue weighted by molar-refractivity contribution is 5.85. The van der Waals surface area contributed by atoms with Crippen molar-refractivity contribution in [2.24, 2.45) is 11.3 Å². The van der Waals surface area contributed by atoms with Gasteiger partial charge in [-0.25, -0.2) is 9.59 Å². The summed E-state index contributed by atoms with van der Waals surface area (Å²) >= 11 is 0. The molecular weight excluding hydrogens is 232 g/mol. The number of carbonyl (C=O) groups excluding carboxylic acids is 1. The average Bonchev–Trinajstić information content (AvgIpc) is 2.64. The van der Waals surface area contributed by atoms with Crippen LogP contribution < -0.4 is 5.32 Å². The largest absolute Gasteiger partial charge is 0.480 e. The zero-order chi connectivity index (χ0) is 14.1. The molecule has 104 valence electrons. The number of urea groups is 1. The lowest BCUT2D eigenvalue weighted by molar-refractivity contribution is -0.143. The van der Waals surface area contributed by atoms with Crippen LogP contribution in [0.5, 0.6) is 0 Å². The third-order valence-corrected chi connectivity index (χ3v) is 3.65. The van der Waals surface area contributed by atoms with Gasteiger partial charge in [0, 0.05) is 13.1 Å². The molecule has 1 unspecified atom stereocenters. The molecule has 0 aromatic heterocycles. The lowest BCUT2D eigenvalue weighted by Crippen LogP contribution is -2.53. The number of carboxylic acid groups (broad SMARTS) is 1. The van der Waals surface area contributed by atoms with Gasteiger partial charge in [-0.15, -0.1) is 0 Å². The van der Waals surface area contributed by atoms with Gasteiger partial charge >= 0.3 is 12.0 Å². The Hall–Kier alpha value is -1.26. The van der Waals surface area contributed by atoms with Crippen molar-refractivity contribution in [3.63, 3.8) is 0 Å². The summed E-state index contributed by atoms with van der Waals surface area (Å²) < 4.78 is 0. The van der Waals surface area contributed by atoms with Crippen LogP contribution in [0.1, 0.15) is 41.0 Å². The summed E-state index contributed by atoms with van der Waals surface area (Å²) in [4.78, 5) is 24.7. The van der Waals surface area contributed by atoms with E-state index in [9.17, 15) is 9.59 Å². The lowest BCUT2D eigenvalue weighted by Gasteiger charge is -2.28. The average molecular weight is 256 g/mol. The highest BCUT2D eigenvalue weighted by Crippen LogP contribution is 2.33. The Labute approximate surface area is 109 Å². The van der Waals surface area contributed by atoms with E-state index in [0.29, 0.717) is 19.0 Å². The van der Waals surface area contributed by atoms with Crippen molar-refractivity contribution >= 4 is 12.0 Å². The van der Waals surface area contributed by atoms with Gasteiger partial charge in [0.1, 0.15) is 5.54 Å². The number of rotatable bonds is 2. The predicted octanol–water partition coefficient (Wildman–Crippen LogP) is 1.93. The molecule has 1 rings (SSSR count). The number of hydrogen-bond acceptors (Lipinski definition) is 2. The first-order valence-corrected chi connectivity index (χ1v) is 6.34. The molecule has 2 amide bonds. The van der Waals surface area contributed by atoms with Crippen LogP contribution in [0.3, 0.4) is 0 Å². The predicted molar refractivity (Wildman–Crippen MR) is 69.4 cm³/mol. The van der Waals surface area contributed by atoms with Crippen LogP contribution in [0.2, 0.25) is 0 Å². The van der Waals surface area contributed by atoms with E-state index < -0.39 is 11.5 Å². The molecule has 0 aromatic carbocycles. The quantitative estimate of drug-likeness (QED) is 0.793. The molecular formula is C13H24N2O3. The molecule has 0 aliphatic carbocycles. The second kappa shape index (κ2) is 4.78. The van der Waals surface area contributed by atoms with Gasteiger partial charge in [-0.2, -0.15) is 0 Å². The topological polar surface area (TPSA) is 69.6 Å². The maximum absolute atomic E-state index is 12.0. The van der Waals surface area contributed by atoms with Gasteiger partial charge in [0.2, 0.25) is 0 Å². The summed E-state index contributed by atoms with van der Waals surface area (Å²) in [6, 6.07) is -0.283. The monoisotopic (exact) mass is 256 g/mol. The van der Waals surface area contributed by atoms with E-state index in [1.54, 1.807) is 4.90 Å². The Morgan fingerprint density at radius 2 is 1.78 bits per heavy atom. The zero-order valence-electron chi connectivity index (χ0n) is 11.9. The Morgan fingerprint density at radius 1 is 1.22 bits per heavy atom. The van der Waals surface area contributed by atoms with Gasteiger partial charge in [-0.3, -0.25) is 0 Å². The minimum absolute atomic E-state index is 0.178. The first-order chi connectivity index (χ1) is 8.04. The molecule has 1 saturated heterocycles. The van der Waals surface area contributed by atoms with Crippen LogP contribution in [0, 0.1) is 11.3 Å². The van der Waals surface area contributed by atoms with E-state index in [0.717, 1.165) is 6.42 Å². The molecule has 0 spiro atoms. The minimum Gasteiger partial charge on any atom is -0.480 e. The number of nitrogens with one attached hydrogen (secondary N) is 1. The Balaban J connectivity index is 2.59. The van der Waals surface area contributed by atoms with Crippen molar-refractivity contribution in [2.45, 2.75) is 46.6 Å². The van der Waals surface area contributed by atoms with Crippen molar-refractivity contribution in [3.8, 4) is 0 Å². The number of aliphatic carboxylic acids is 1. The van der Waals surface area contributed by atoms with Crippen molar-refractivity contribution in [2.75, 3.05) is 13.1 Å². The second-order valence-electron chi connectivity index (χ2n) is 6.66. The SMILES string of the molecule is CC(C)(NC(=O)N1CCC(C(C)(C)C)C1)C(=O)O. The van der Waals surface area contributed by atoms with E-state index in [1.165, 1.54) is 13.8 Å². The molecule has 0 radical (unpaired) electrons. The Morgan fingerprint density at radius 3 is 2.17 bits per heavy atom. The van der Waals surface area contributed by atoms with Crippen LogP contribution in [0.15, 0.2) is 0 Å². The molecule has 0 bridgehead atoms. The van der Waals surface area contributed by atoms with E-state index in [1.807, 2.05) is 0 Å². The number of amides is 2. The number of nitrogens with zero attached hydrogens (tertiary/aromatic N) is 1. The third kappa shape index (κ3) is 3.37. The molecule has 2 N–H and O–H groups in total. The highest BCUT2D eigenvalue weighted by atomic mass is 16.4. The lowest BCUT2D eigenvalue weighted by atomic mass is 9.80. The highest BCUT2D eigenvalue weighted by Gasteiger charge is 2.36. The van der Waals surface area contributed by atoms with Gasteiger partial charge in [-0.1, -0.05) is 20.8 Å². The third-order valence-electron chi connectivity index (χ3n) is 3.65. The van der Waals surface area contributed by atoms with Gasteiger partial charge in [0.15, 0.2) is 0 Å². The molecule has 0 saturated carbocycles. The molecule has 5 heteroatoms. The summed E-state index contributed by atoms with van der Waals surface area (Å²) in [6.45, 7) is 10.9. The Kier molecular flexibility index (Phi) is 3.93. The molecule has 1 heterocycles. The number of likely N-dealkylation sites (tertiary alicyclic amines) is 1. The zero-order valence-corrected chi connectivity index (χ0v) is 11.9. The molecule has 18 heavy (non-hydrogen) atoms. The van der Waals surface area contributed by atoms with Crippen molar-refractivity contribution < 1.29 is 14.7 Å². The van der Waals surface area contributed by atoms with Crippen molar-refractivity contribution in [1.29, 1.82) is 0 Å². The first kappa shape index (κ1) is 14.8. The van der Waals surface area contributed by atoms with Gasteiger partial charge < -0.3 is 15.3 Å². The molecule has 1 aliphatic heterocycles. The summed E-state index contributed by atoms with van der Waals surface area (Å²) in [5.41, 5.74) is -1.05. The smallest absolute Gasteiger partial charge is 0.328 e. The first-order valence-electron chi connectivity index (χ1n) is 6.34. The fourth-order valence-corrected chi connectivity index (χ4v) is 2.05. The molecule has 1 fully saturated rings. The van der Waals surface area contributed by atoms with Gasteiger partial charge in [0.25, 0.3) is 0 Å². The Bertz CT molecular complexity index is 345. The van der Waals surface area contributed by atoms with Crippen LogP contribution in [0.25, 0.3) is 0 Å². The summed E-state index contributed by atoms with van der Waals surface area (Å²) in [5, 5.41) is 11.5. The molecule has 0 aromatic rings. The minimum atomic E-state index is -1.23. The van der Waals surface area contributed by atoms with Crippen LogP contribution in [-0.4, -0.2) is 40.6 Å². The van der Waals surface area contributed by atoms with Gasteiger partial charge in [-0.05, 0) is 31.6 Å². The van der Waals surface area contributed by atoms with Crippen LogP contribution in [-0.2, 0) is 4.79 Å². The van der Waals surface area contributed by atoms with Crippen LogP contribution >= 0.6 is 0 Å². The van der Waals surface area contributed by atoms with Crippen molar-refractivity contribution in [3.05, 3.63) is 0 Å². The van der Waals surface area contributed by atoms with E-state index in [-0.39, 0.29) is 11.4 Å². The summed E-state index contributed by atoms with van der Waals surface area (Å²) in [6.07, 6.45) is 0.977. The second-order valence-corrected chi connectivity index (χ2v) is 6.66. The standard InChI is InChI=1S/C13H24N2O3/c1-12(2,3)9-6-7-15(8-9)11(18)14-13(4,5)10(16)17/h9H,6-8H2,1-5H3,(H,14,18)(H,16,17). The van der Waals surface area contributed by atoms with E-state index >= 15 is 0 Å². The van der Waals surface area contributed by atoms with E-state index in [2.05, 4.69) is 26.1 Å². The molecule has 1 atom stereocenters. The fraction of sp³-hybridized carbons (Fsp3) is 0.846. The maximum atomic E-state index is 12.0. The number of carboxylic acids is 1. The molecule has 1 aliphatic rings. The van der Waals surface area contributed by atoms with Gasteiger partial charge in [0.05, 0.1) is 0 Å². The normalized spacial score (nSPS) is 20.9. The van der Waals surface area contributed by atoms with Crippen molar-refractivity contribution in [1.82, 2.24) is 10.2 Å². The molecule has 5 nitrogen and oxygen atoms in total. The number of carbonyl (C=O) groups is 2. The summed E-state index contributed by atoms with van der Waals surface area (Å²) in [7, 11) is 0. The summed E-state index contributed by atoms with van der Waals surface area (Å²) in [5.74, 6) is -0.557. The maximum Gasteiger partial charge on any atom is 0.328 e. The van der Waals surface area contributed by atoms with Crippen LogP contribution in [0.4, 0.5) is 4.79 Å². The fourth-order valence-electron chi connectivity index (χ4n) is 2.05. The number of hydrogen-bond donors (Lipinski definition) is 2.